The van der Waals surface area contributed by atoms with Gasteiger partial charge < -0.3 is 4.42 Å². The van der Waals surface area contributed by atoms with Gasteiger partial charge in [-0.1, -0.05) is 127 Å². The standard InChI is InChI=1S/C38H26O/c1-2-11-27-22-25(20-21-26(27)10-1)23-35-29-13-3-5-15-31(29)36(32-16-6-4-14-30(32)35)24-28-12-9-18-34-33-17-7-8-19-37(33)39-38(28)34/h1-22H,23-24H2/i3D,4D,5D,6D,13D,14D,15D,16D. The van der Waals surface area contributed by atoms with Gasteiger partial charge in [-0.15, -0.1) is 0 Å². The van der Waals surface area contributed by atoms with Crippen LogP contribution in [0.4, 0.5) is 0 Å². The topological polar surface area (TPSA) is 13.1 Å². The van der Waals surface area contributed by atoms with Crippen LogP contribution in [0.3, 0.4) is 0 Å². The summed E-state index contributed by atoms with van der Waals surface area (Å²) >= 11 is 0. The Bertz CT molecular complexity index is 2540. The fraction of sp³-hybridized carbons (Fsp3) is 0.0526. The lowest BCUT2D eigenvalue weighted by Gasteiger charge is -2.17. The highest BCUT2D eigenvalue weighted by atomic mass is 16.3. The second-order valence-electron chi connectivity index (χ2n) is 9.88. The summed E-state index contributed by atoms with van der Waals surface area (Å²) in [6.07, 6.45) is 0.312. The van der Waals surface area contributed by atoms with Crippen LogP contribution in [-0.4, -0.2) is 0 Å². The maximum absolute atomic E-state index is 9.16. The minimum atomic E-state index is -0.400. The number of fused-ring (bicyclic) bond motifs is 6. The first kappa shape index (κ1) is 15.5. The van der Waals surface area contributed by atoms with Crippen molar-refractivity contribution in [2.24, 2.45) is 0 Å². The van der Waals surface area contributed by atoms with Crippen molar-refractivity contribution in [3.05, 3.63) is 156 Å². The molecule has 39 heavy (non-hydrogen) atoms. The van der Waals surface area contributed by atoms with Gasteiger partial charge in [0.1, 0.15) is 11.2 Å². The Morgan fingerprint density at radius 1 is 0.513 bits per heavy atom. The highest BCUT2D eigenvalue weighted by Gasteiger charge is 2.17. The van der Waals surface area contributed by atoms with Crippen molar-refractivity contribution in [2.45, 2.75) is 12.8 Å². The monoisotopic (exact) mass is 506 g/mol. The molecule has 0 spiro atoms. The summed E-state index contributed by atoms with van der Waals surface area (Å²) in [6, 6.07) is 24.7. The highest BCUT2D eigenvalue weighted by molar-refractivity contribution is 6.08. The van der Waals surface area contributed by atoms with Crippen LogP contribution >= 0.6 is 0 Å². The molecule has 0 radical (unpaired) electrons. The van der Waals surface area contributed by atoms with Gasteiger partial charge in [0.15, 0.2) is 0 Å². The molecule has 0 saturated heterocycles. The van der Waals surface area contributed by atoms with Crippen LogP contribution in [0.5, 0.6) is 0 Å². The second kappa shape index (κ2) is 8.85. The first-order valence-corrected chi connectivity index (χ1v) is 13.0. The van der Waals surface area contributed by atoms with E-state index in [4.69, 9.17) is 15.4 Å². The molecular formula is C38H26O. The van der Waals surface area contributed by atoms with Gasteiger partial charge in [0.25, 0.3) is 0 Å². The molecule has 0 N–H and O–H groups in total. The highest BCUT2D eigenvalue weighted by Crippen LogP contribution is 2.38. The predicted molar refractivity (Wildman–Crippen MR) is 165 cm³/mol. The molecule has 184 valence electrons. The lowest BCUT2D eigenvalue weighted by Crippen LogP contribution is -1.98. The zero-order valence-electron chi connectivity index (χ0n) is 28.9. The van der Waals surface area contributed by atoms with Crippen LogP contribution < -0.4 is 0 Å². The van der Waals surface area contributed by atoms with E-state index in [1.807, 2.05) is 84.9 Å². The van der Waals surface area contributed by atoms with E-state index in [0.29, 0.717) is 22.3 Å². The molecule has 1 heteroatoms. The molecule has 7 aromatic carbocycles. The molecule has 0 aliphatic heterocycles. The predicted octanol–water partition coefficient (Wildman–Crippen LogP) is 10.2. The van der Waals surface area contributed by atoms with Crippen LogP contribution in [0.15, 0.2) is 138 Å². The minimum Gasteiger partial charge on any atom is -0.456 e. The van der Waals surface area contributed by atoms with Gasteiger partial charge >= 0.3 is 0 Å². The van der Waals surface area contributed by atoms with Crippen molar-refractivity contribution in [2.75, 3.05) is 0 Å². The van der Waals surface area contributed by atoms with Crippen LogP contribution in [0.25, 0.3) is 54.3 Å². The van der Waals surface area contributed by atoms with Gasteiger partial charge in [-0.3, -0.25) is 0 Å². The summed E-state index contributed by atoms with van der Waals surface area (Å²) in [5.41, 5.74) is 3.77. The number of hydrogen-bond acceptors (Lipinski definition) is 1. The van der Waals surface area contributed by atoms with Crippen molar-refractivity contribution >= 4 is 54.3 Å². The van der Waals surface area contributed by atoms with Gasteiger partial charge in [-0.25, -0.2) is 0 Å². The number of hydrogen-bond donors (Lipinski definition) is 0. The molecule has 0 bridgehead atoms. The molecule has 0 saturated carbocycles. The molecule has 0 aliphatic rings. The first-order chi connectivity index (χ1) is 22.7. The summed E-state index contributed by atoms with van der Waals surface area (Å²) in [5.74, 6) is 0. The molecule has 0 aliphatic carbocycles. The quantitative estimate of drug-likeness (QED) is 0.216. The van der Waals surface area contributed by atoms with Crippen molar-refractivity contribution in [1.29, 1.82) is 0 Å². The molecule has 0 fully saturated rings. The van der Waals surface area contributed by atoms with E-state index in [1.165, 1.54) is 0 Å². The van der Waals surface area contributed by atoms with Crippen molar-refractivity contribution in [3.8, 4) is 0 Å². The van der Waals surface area contributed by atoms with E-state index in [-0.39, 0.29) is 58.6 Å². The Balaban J connectivity index is 1.51. The normalized spacial score (nSPS) is 14.7. The maximum atomic E-state index is 9.16. The van der Waals surface area contributed by atoms with Crippen LogP contribution in [0.1, 0.15) is 33.2 Å². The maximum Gasteiger partial charge on any atom is 0.138 e. The van der Waals surface area contributed by atoms with Crippen molar-refractivity contribution in [3.63, 3.8) is 0 Å². The van der Waals surface area contributed by atoms with E-state index in [2.05, 4.69) is 0 Å². The Morgan fingerprint density at radius 2 is 1.13 bits per heavy atom. The van der Waals surface area contributed by atoms with Gasteiger partial charge in [-0.2, -0.15) is 0 Å². The molecule has 1 nitrogen and oxygen atoms in total. The molecule has 0 unspecified atom stereocenters. The van der Waals surface area contributed by atoms with Gasteiger partial charge in [-0.05, 0) is 67.1 Å². The van der Waals surface area contributed by atoms with Crippen LogP contribution in [0, 0.1) is 0 Å². The molecular weight excluding hydrogens is 472 g/mol. The van der Waals surface area contributed by atoms with Crippen LogP contribution in [-0.2, 0) is 12.8 Å². The lowest BCUT2D eigenvalue weighted by atomic mass is 9.86. The van der Waals surface area contributed by atoms with E-state index in [9.17, 15) is 0 Å². The zero-order valence-corrected chi connectivity index (χ0v) is 20.9. The third-order valence-corrected chi connectivity index (χ3v) is 7.63. The largest absolute Gasteiger partial charge is 0.456 e. The third-order valence-electron chi connectivity index (χ3n) is 7.63. The fourth-order valence-corrected chi connectivity index (χ4v) is 5.82. The number of rotatable bonds is 4. The average molecular weight is 507 g/mol. The summed E-state index contributed by atoms with van der Waals surface area (Å²) in [7, 11) is 0. The summed E-state index contributed by atoms with van der Waals surface area (Å²) < 4.78 is 77.5. The molecule has 0 amide bonds. The SMILES string of the molecule is [2H]c1c([2H])c([2H])c2c(Cc3cccc4c3oc3ccccc34)c3c([2H])c([2H])c([2H])c([2H])c3c(Cc3ccc4ccccc4c3)c2c1[2H]. The number of furan rings is 1. The van der Waals surface area contributed by atoms with Crippen molar-refractivity contribution in [1.82, 2.24) is 0 Å². The lowest BCUT2D eigenvalue weighted by molar-refractivity contribution is 0.664. The van der Waals surface area contributed by atoms with Gasteiger partial charge in [0, 0.05) is 17.2 Å². The summed E-state index contributed by atoms with van der Waals surface area (Å²) in [4.78, 5) is 0. The van der Waals surface area contributed by atoms with E-state index >= 15 is 0 Å². The zero-order chi connectivity index (χ0) is 32.7. The van der Waals surface area contributed by atoms with E-state index in [1.54, 1.807) is 0 Å². The smallest absolute Gasteiger partial charge is 0.138 e. The second-order valence-corrected chi connectivity index (χ2v) is 9.88. The van der Waals surface area contributed by atoms with Gasteiger partial charge in [0.05, 0.1) is 11.0 Å². The first-order valence-electron chi connectivity index (χ1n) is 17.0. The average Bonchev–Trinajstić information content (AvgIpc) is 3.47. The summed E-state index contributed by atoms with van der Waals surface area (Å²) in [5, 5.41) is 4.89. The molecule has 8 rings (SSSR count). The molecule has 1 aromatic heterocycles. The molecule has 1 heterocycles. The Kier molecular flexibility index (Phi) is 3.52. The minimum absolute atomic E-state index is 0.116. The number of benzene rings is 7. The van der Waals surface area contributed by atoms with E-state index < -0.39 is 24.2 Å². The fourth-order valence-electron chi connectivity index (χ4n) is 5.82. The Hall–Kier alpha value is -4.88. The molecule has 8 aromatic rings. The Labute approximate surface area is 238 Å². The Morgan fingerprint density at radius 3 is 1.87 bits per heavy atom. The van der Waals surface area contributed by atoms with Crippen molar-refractivity contribution < 1.29 is 15.4 Å². The third kappa shape index (κ3) is 3.62. The van der Waals surface area contributed by atoms with Gasteiger partial charge in [0.2, 0.25) is 0 Å². The summed E-state index contributed by atoms with van der Waals surface area (Å²) in [6.45, 7) is 0. The van der Waals surface area contributed by atoms with E-state index in [0.717, 1.165) is 32.7 Å². The number of para-hydroxylation sites is 2. The van der Waals surface area contributed by atoms with Crippen LogP contribution in [0.2, 0.25) is 0 Å². The molecule has 0 atom stereocenters.